The van der Waals surface area contributed by atoms with Crippen molar-refractivity contribution in [2.75, 3.05) is 50.4 Å². The van der Waals surface area contributed by atoms with Crippen LogP contribution >= 0.6 is 0 Å². The van der Waals surface area contributed by atoms with Crippen LogP contribution < -0.4 is 10.2 Å². The second-order valence-electron chi connectivity index (χ2n) is 7.03. The number of guanidine groups is 1. The minimum atomic E-state index is -0.987. The number of hydrogen-bond donors (Lipinski definition) is 1. The van der Waals surface area contributed by atoms with Crippen LogP contribution in [0.5, 0.6) is 0 Å². The first-order valence-electron chi connectivity index (χ1n) is 9.80. The molecule has 2 aromatic carbocycles. The fourth-order valence-electron chi connectivity index (χ4n) is 3.52. The smallest absolute Gasteiger partial charge is 0.193 e. The molecule has 6 heteroatoms. The van der Waals surface area contributed by atoms with Crippen molar-refractivity contribution < 1.29 is 4.21 Å². The van der Waals surface area contributed by atoms with Gasteiger partial charge >= 0.3 is 0 Å². The second-order valence-corrected chi connectivity index (χ2v) is 8.60. The van der Waals surface area contributed by atoms with Crippen LogP contribution in [-0.4, -0.2) is 60.6 Å². The average molecular weight is 399 g/mol. The van der Waals surface area contributed by atoms with Gasteiger partial charge in [0.1, 0.15) is 0 Å². The zero-order valence-electron chi connectivity index (χ0n) is 17.0. The number of nitrogens with zero attached hydrogens (tertiary/aromatic N) is 3. The van der Waals surface area contributed by atoms with Gasteiger partial charge in [0.05, 0.1) is 10.8 Å². The highest BCUT2D eigenvalue weighted by Crippen LogP contribution is 2.23. The summed E-state index contributed by atoms with van der Waals surface area (Å²) in [6.07, 6.45) is 0. The van der Waals surface area contributed by atoms with Crippen LogP contribution in [0.3, 0.4) is 0 Å². The van der Waals surface area contributed by atoms with E-state index in [1.54, 1.807) is 0 Å². The third kappa shape index (κ3) is 4.93. The molecule has 1 atom stereocenters. The maximum atomic E-state index is 12.4. The molecule has 0 aliphatic carbocycles. The lowest BCUT2D eigenvalue weighted by molar-refractivity contribution is 0.373. The highest BCUT2D eigenvalue weighted by Gasteiger charge is 2.21. The highest BCUT2D eigenvalue weighted by atomic mass is 32.2. The molecule has 0 amide bonds. The normalized spacial score (nSPS) is 16.2. The van der Waals surface area contributed by atoms with Gasteiger partial charge in [-0.05, 0) is 43.2 Å². The van der Waals surface area contributed by atoms with Crippen LogP contribution in [0.1, 0.15) is 11.1 Å². The van der Waals surface area contributed by atoms with Crippen molar-refractivity contribution in [3.8, 4) is 0 Å². The van der Waals surface area contributed by atoms with Crippen LogP contribution in [0.15, 0.2) is 58.4 Å². The Bertz CT molecular complexity index is 830. The van der Waals surface area contributed by atoms with E-state index >= 15 is 0 Å². The van der Waals surface area contributed by atoms with Gasteiger partial charge in [0.15, 0.2) is 5.96 Å². The van der Waals surface area contributed by atoms with E-state index in [9.17, 15) is 4.21 Å². The van der Waals surface area contributed by atoms with E-state index in [0.29, 0.717) is 12.3 Å². The number of aryl methyl sites for hydroxylation is 1. The second kappa shape index (κ2) is 9.73. The van der Waals surface area contributed by atoms with Gasteiger partial charge in [0.25, 0.3) is 0 Å². The van der Waals surface area contributed by atoms with Crippen molar-refractivity contribution in [2.24, 2.45) is 4.99 Å². The van der Waals surface area contributed by atoms with Gasteiger partial charge in [0, 0.05) is 56.1 Å². The molecule has 0 radical (unpaired) electrons. The van der Waals surface area contributed by atoms with Crippen molar-refractivity contribution in [3.63, 3.8) is 0 Å². The number of hydrogen-bond acceptors (Lipinski definition) is 3. The van der Waals surface area contributed by atoms with Crippen LogP contribution in [-0.2, 0) is 10.8 Å². The van der Waals surface area contributed by atoms with Gasteiger partial charge in [-0.1, -0.05) is 30.3 Å². The molecule has 0 aromatic heterocycles. The van der Waals surface area contributed by atoms with Gasteiger partial charge < -0.3 is 15.1 Å². The minimum absolute atomic E-state index is 0.575. The van der Waals surface area contributed by atoms with E-state index < -0.39 is 10.8 Å². The van der Waals surface area contributed by atoms with E-state index in [-0.39, 0.29) is 0 Å². The van der Waals surface area contributed by atoms with Crippen LogP contribution in [0, 0.1) is 13.8 Å². The predicted octanol–water partition coefficient (Wildman–Crippen LogP) is 2.81. The Labute approximate surface area is 170 Å². The predicted molar refractivity (Wildman–Crippen MR) is 119 cm³/mol. The summed E-state index contributed by atoms with van der Waals surface area (Å²) < 4.78 is 12.4. The monoisotopic (exact) mass is 398 g/mol. The molecule has 2 aromatic rings. The summed E-state index contributed by atoms with van der Waals surface area (Å²) in [4.78, 5) is 10.0. The summed E-state index contributed by atoms with van der Waals surface area (Å²) in [6, 6.07) is 16.1. The molecule has 1 aliphatic rings. The topological polar surface area (TPSA) is 47.9 Å². The molecule has 0 saturated carbocycles. The van der Waals surface area contributed by atoms with E-state index in [1.165, 1.54) is 16.8 Å². The van der Waals surface area contributed by atoms with Gasteiger partial charge in [-0.25, -0.2) is 0 Å². The third-order valence-corrected chi connectivity index (χ3v) is 6.66. The summed E-state index contributed by atoms with van der Waals surface area (Å²) in [5.74, 6) is 1.47. The molecule has 1 fully saturated rings. The van der Waals surface area contributed by atoms with Gasteiger partial charge in [0.2, 0.25) is 0 Å². The Morgan fingerprint density at radius 2 is 1.75 bits per heavy atom. The molecule has 150 valence electrons. The first kappa shape index (κ1) is 20.4. The number of aliphatic imine (C=N–C) groups is 1. The van der Waals surface area contributed by atoms with Crippen molar-refractivity contribution in [1.82, 2.24) is 10.2 Å². The average Bonchev–Trinajstić information content (AvgIpc) is 2.74. The Hall–Kier alpha value is -2.34. The summed E-state index contributed by atoms with van der Waals surface area (Å²) in [7, 11) is 0.826. The zero-order chi connectivity index (χ0) is 19.9. The Kier molecular flexibility index (Phi) is 7.09. The number of nitrogens with one attached hydrogen (secondary N) is 1. The van der Waals surface area contributed by atoms with Crippen molar-refractivity contribution >= 4 is 22.4 Å². The highest BCUT2D eigenvalue weighted by molar-refractivity contribution is 7.85. The zero-order valence-corrected chi connectivity index (χ0v) is 17.8. The van der Waals surface area contributed by atoms with Gasteiger partial charge in [-0.15, -0.1) is 0 Å². The molecule has 1 saturated heterocycles. The van der Waals surface area contributed by atoms with E-state index in [1.807, 2.05) is 37.4 Å². The lowest BCUT2D eigenvalue weighted by Gasteiger charge is -2.38. The number of rotatable bonds is 5. The molecule has 1 heterocycles. The molecule has 0 bridgehead atoms. The summed E-state index contributed by atoms with van der Waals surface area (Å²) >= 11 is 0. The van der Waals surface area contributed by atoms with Crippen LogP contribution in [0.2, 0.25) is 0 Å². The van der Waals surface area contributed by atoms with Crippen molar-refractivity contribution in [2.45, 2.75) is 18.7 Å². The summed E-state index contributed by atoms with van der Waals surface area (Å²) in [5, 5.41) is 3.38. The molecule has 5 nitrogen and oxygen atoms in total. The first-order valence-corrected chi connectivity index (χ1v) is 11.1. The number of anilines is 1. The van der Waals surface area contributed by atoms with E-state index in [2.05, 4.69) is 52.2 Å². The molecule has 1 unspecified atom stereocenters. The minimum Gasteiger partial charge on any atom is -0.368 e. The quantitative estimate of drug-likeness (QED) is 0.622. The number of piperazine rings is 1. The fourth-order valence-corrected chi connectivity index (χ4v) is 4.50. The molecule has 1 N–H and O–H groups in total. The molecule has 28 heavy (non-hydrogen) atoms. The maximum absolute atomic E-state index is 12.4. The van der Waals surface area contributed by atoms with Crippen molar-refractivity contribution in [3.05, 3.63) is 59.7 Å². The lowest BCUT2D eigenvalue weighted by Crippen LogP contribution is -2.53. The van der Waals surface area contributed by atoms with E-state index in [4.69, 9.17) is 0 Å². The molecule has 1 aliphatic heterocycles. The van der Waals surface area contributed by atoms with Gasteiger partial charge in [-0.3, -0.25) is 9.20 Å². The van der Waals surface area contributed by atoms with Crippen LogP contribution in [0.25, 0.3) is 0 Å². The Balaban J connectivity index is 1.50. The van der Waals surface area contributed by atoms with E-state index in [0.717, 1.165) is 37.0 Å². The standard InChI is InChI=1S/C22H30N4OS/c1-18-8-7-11-21(19(18)2)25-13-15-26(16-14-25)22(23-3)24-12-17-28(27)20-9-5-4-6-10-20/h4-11H,12-17H2,1-3H3,(H,23,24). The van der Waals surface area contributed by atoms with Crippen molar-refractivity contribution in [1.29, 1.82) is 0 Å². The molecular formula is C22H30N4OS. The Morgan fingerprint density at radius 3 is 2.43 bits per heavy atom. The SMILES string of the molecule is CN=C(NCCS(=O)c1ccccc1)N1CCN(c2cccc(C)c2C)CC1. The summed E-state index contributed by atoms with van der Waals surface area (Å²) in [5.41, 5.74) is 4.03. The first-order chi connectivity index (χ1) is 13.6. The Morgan fingerprint density at radius 1 is 1.04 bits per heavy atom. The fraction of sp³-hybridized carbons (Fsp3) is 0.409. The lowest BCUT2D eigenvalue weighted by atomic mass is 10.1. The maximum Gasteiger partial charge on any atom is 0.193 e. The largest absolute Gasteiger partial charge is 0.368 e. The molecular weight excluding hydrogens is 368 g/mol. The molecule has 0 spiro atoms. The number of benzene rings is 2. The molecule has 3 rings (SSSR count). The van der Waals surface area contributed by atoms with Crippen LogP contribution in [0.4, 0.5) is 5.69 Å². The summed E-state index contributed by atoms with van der Waals surface area (Å²) in [6.45, 7) is 8.81. The van der Waals surface area contributed by atoms with Gasteiger partial charge in [-0.2, -0.15) is 0 Å². The third-order valence-electron chi connectivity index (χ3n) is 5.28.